The molecule has 2 rings (SSSR count). The van der Waals surface area contributed by atoms with Crippen LogP contribution in [0.3, 0.4) is 0 Å². The summed E-state index contributed by atoms with van der Waals surface area (Å²) in [4.78, 5) is 24.2. The SMILES string of the molecule is CC(=O)Nc1on[n+](N2CCCCC2)c1C(C)=O. The molecule has 1 amide bonds. The summed E-state index contributed by atoms with van der Waals surface area (Å²) < 4.78 is 5.04. The molecule has 7 nitrogen and oxygen atoms in total. The number of hydrogen-bond acceptors (Lipinski definition) is 5. The summed E-state index contributed by atoms with van der Waals surface area (Å²) in [5.41, 5.74) is 0.284. The van der Waals surface area contributed by atoms with Crippen molar-refractivity contribution in [1.82, 2.24) is 5.27 Å². The van der Waals surface area contributed by atoms with Crippen molar-refractivity contribution >= 4 is 17.6 Å². The van der Waals surface area contributed by atoms with Crippen LogP contribution in [0.25, 0.3) is 0 Å². The Morgan fingerprint density at radius 2 is 1.94 bits per heavy atom. The van der Waals surface area contributed by atoms with E-state index in [2.05, 4.69) is 10.6 Å². The van der Waals surface area contributed by atoms with Gasteiger partial charge in [-0.25, -0.2) is 0 Å². The fourth-order valence-electron chi connectivity index (χ4n) is 2.06. The topological polar surface area (TPSA) is 79.3 Å². The molecule has 1 aliphatic heterocycles. The van der Waals surface area contributed by atoms with E-state index in [-0.39, 0.29) is 23.3 Å². The molecule has 1 fully saturated rings. The average Bonchev–Trinajstić information content (AvgIpc) is 2.73. The Morgan fingerprint density at radius 1 is 1.28 bits per heavy atom. The van der Waals surface area contributed by atoms with Crippen LogP contribution in [0.5, 0.6) is 0 Å². The first kappa shape index (κ1) is 12.5. The number of anilines is 1. The van der Waals surface area contributed by atoms with E-state index in [1.807, 2.05) is 5.01 Å². The van der Waals surface area contributed by atoms with Crippen LogP contribution in [-0.2, 0) is 4.79 Å². The van der Waals surface area contributed by atoms with Crippen LogP contribution in [0.4, 0.5) is 5.88 Å². The number of carbonyl (C=O) groups is 2. The molecule has 0 saturated carbocycles. The van der Waals surface area contributed by atoms with Crippen LogP contribution in [-0.4, -0.2) is 30.1 Å². The van der Waals surface area contributed by atoms with E-state index in [9.17, 15) is 9.59 Å². The highest BCUT2D eigenvalue weighted by Crippen LogP contribution is 2.12. The van der Waals surface area contributed by atoms with Gasteiger partial charge >= 0.3 is 11.6 Å². The molecular formula is C11H17N4O3+. The van der Waals surface area contributed by atoms with E-state index < -0.39 is 0 Å². The van der Waals surface area contributed by atoms with Crippen molar-refractivity contribution in [1.29, 1.82) is 0 Å². The standard InChI is InChI=1S/C11H16N4O3/c1-8(16)10-11(12-9(2)17)18-13-15(10)14-6-4-3-5-7-14/h3-7H2,1-2H3/p+1. The molecule has 18 heavy (non-hydrogen) atoms. The monoisotopic (exact) mass is 253 g/mol. The first-order valence-electron chi connectivity index (χ1n) is 6.05. The molecular weight excluding hydrogens is 236 g/mol. The summed E-state index contributed by atoms with van der Waals surface area (Å²) >= 11 is 0. The second-order valence-electron chi connectivity index (χ2n) is 4.39. The van der Waals surface area contributed by atoms with Crippen LogP contribution in [0.1, 0.15) is 43.6 Å². The second-order valence-corrected chi connectivity index (χ2v) is 4.39. The quantitative estimate of drug-likeness (QED) is 0.617. The lowest BCUT2D eigenvalue weighted by Gasteiger charge is -2.18. The zero-order valence-corrected chi connectivity index (χ0v) is 10.6. The molecule has 0 radical (unpaired) electrons. The van der Waals surface area contributed by atoms with Crippen molar-refractivity contribution in [2.75, 3.05) is 23.4 Å². The number of piperidine rings is 1. The van der Waals surface area contributed by atoms with Crippen molar-refractivity contribution in [3.8, 4) is 0 Å². The lowest BCUT2D eigenvalue weighted by atomic mass is 10.2. The molecule has 1 aromatic heterocycles. The van der Waals surface area contributed by atoms with Crippen LogP contribution in [0.2, 0.25) is 0 Å². The van der Waals surface area contributed by atoms with Crippen LogP contribution in [0, 0.1) is 0 Å². The lowest BCUT2D eigenvalue weighted by molar-refractivity contribution is -0.760. The third-order valence-electron chi connectivity index (χ3n) is 2.85. The second kappa shape index (κ2) is 5.16. The van der Waals surface area contributed by atoms with Gasteiger partial charge in [-0.1, -0.05) is 0 Å². The molecule has 0 atom stereocenters. The van der Waals surface area contributed by atoms with Gasteiger partial charge in [-0.05, 0) is 19.3 Å². The number of nitrogens with one attached hydrogen (secondary N) is 1. The highest BCUT2D eigenvalue weighted by molar-refractivity contribution is 5.98. The van der Waals surface area contributed by atoms with Gasteiger partial charge < -0.3 is 0 Å². The Balaban J connectivity index is 2.31. The van der Waals surface area contributed by atoms with Crippen molar-refractivity contribution in [3.63, 3.8) is 0 Å². The third-order valence-corrected chi connectivity index (χ3v) is 2.85. The van der Waals surface area contributed by atoms with Gasteiger partial charge in [0.05, 0.1) is 17.9 Å². The summed E-state index contributed by atoms with van der Waals surface area (Å²) in [5, 5.41) is 8.28. The number of ketones is 1. The number of amides is 1. The van der Waals surface area contributed by atoms with E-state index in [4.69, 9.17) is 4.52 Å². The Labute approximate surface area is 105 Å². The molecule has 1 aromatic rings. The van der Waals surface area contributed by atoms with Gasteiger partial charge in [0, 0.05) is 13.8 Å². The van der Waals surface area contributed by atoms with Crippen molar-refractivity contribution in [2.45, 2.75) is 33.1 Å². The van der Waals surface area contributed by atoms with E-state index in [0.717, 1.165) is 25.9 Å². The summed E-state index contributed by atoms with van der Waals surface area (Å²) in [6, 6.07) is 0. The Morgan fingerprint density at radius 3 is 2.50 bits per heavy atom. The molecule has 0 unspecified atom stereocenters. The first-order valence-corrected chi connectivity index (χ1v) is 6.05. The molecule has 1 aliphatic rings. The molecule has 1 N–H and O–H groups in total. The fourth-order valence-corrected chi connectivity index (χ4v) is 2.06. The molecule has 98 valence electrons. The Bertz CT molecular complexity index is 463. The van der Waals surface area contributed by atoms with Gasteiger partial charge in [0.2, 0.25) is 17.0 Å². The number of carbonyl (C=O) groups excluding carboxylic acids is 2. The summed E-state index contributed by atoms with van der Waals surface area (Å²) in [7, 11) is 0. The predicted octanol–water partition coefficient (Wildman–Crippen LogP) is 0.245. The van der Waals surface area contributed by atoms with E-state index in [1.165, 1.54) is 25.1 Å². The van der Waals surface area contributed by atoms with Gasteiger partial charge in [-0.3, -0.25) is 19.4 Å². The number of hydrogen-bond donors (Lipinski definition) is 1. The number of rotatable bonds is 3. The molecule has 0 aliphatic carbocycles. The van der Waals surface area contributed by atoms with Crippen LogP contribution in [0.15, 0.2) is 4.52 Å². The molecule has 1 saturated heterocycles. The fraction of sp³-hybridized carbons (Fsp3) is 0.636. The normalized spacial score (nSPS) is 15.6. The maximum absolute atomic E-state index is 11.7. The maximum atomic E-state index is 11.7. The zero-order chi connectivity index (χ0) is 13.1. The minimum Gasteiger partial charge on any atom is -0.288 e. The van der Waals surface area contributed by atoms with Crippen molar-refractivity contribution in [3.05, 3.63) is 5.69 Å². The Kier molecular flexibility index (Phi) is 3.59. The van der Waals surface area contributed by atoms with Crippen molar-refractivity contribution in [2.24, 2.45) is 0 Å². The van der Waals surface area contributed by atoms with Crippen LogP contribution >= 0.6 is 0 Å². The summed E-state index contributed by atoms with van der Waals surface area (Å²) in [6.07, 6.45) is 3.31. The predicted molar refractivity (Wildman–Crippen MR) is 62.8 cm³/mol. The first-order chi connectivity index (χ1) is 8.59. The number of nitrogens with zero attached hydrogens (tertiary/aromatic N) is 3. The molecule has 2 heterocycles. The summed E-state index contributed by atoms with van der Waals surface area (Å²) in [5.74, 6) is -0.370. The molecule has 7 heteroatoms. The lowest BCUT2D eigenvalue weighted by Crippen LogP contribution is -2.63. The van der Waals surface area contributed by atoms with Crippen LogP contribution < -0.4 is 15.1 Å². The maximum Gasteiger partial charge on any atom is 0.373 e. The Hall–Kier alpha value is -1.92. The highest BCUT2D eigenvalue weighted by atomic mass is 16.5. The molecule has 0 bridgehead atoms. The van der Waals surface area contributed by atoms with Gasteiger partial charge in [0.1, 0.15) is 0 Å². The largest absolute Gasteiger partial charge is 0.373 e. The van der Waals surface area contributed by atoms with Gasteiger partial charge in [0.25, 0.3) is 0 Å². The van der Waals surface area contributed by atoms with Gasteiger partial charge in [-0.15, -0.1) is 0 Å². The van der Waals surface area contributed by atoms with E-state index in [0.29, 0.717) is 0 Å². The van der Waals surface area contributed by atoms with E-state index in [1.54, 1.807) is 0 Å². The third kappa shape index (κ3) is 2.49. The van der Waals surface area contributed by atoms with Crippen molar-refractivity contribution < 1.29 is 18.9 Å². The van der Waals surface area contributed by atoms with Gasteiger partial charge in [-0.2, -0.15) is 5.01 Å². The molecule has 0 aromatic carbocycles. The number of aromatic nitrogens is 2. The minimum atomic E-state index is -0.292. The number of Topliss-reactive ketones (excluding diaryl/α,β-unsaturated/α-hetero) is 1. The highest BCUT2D eigenvalue weighted by Gasteiger charge is 2.35. The minimum absolute atomic E-state index is 0.112. The molecule has 0 spiro atoms. The summed E-state index contributed by atoms with van der Waals surface area (Å²) in [6.45, 7) is 4.45. The zero-order valence-electron chi connectivity index (χ0n) is 10.6. The average molecular weight is 253 g/mol. The van der Waals surface area contributed by atoms with E-state index >= 15 is 0 Å². The smallest absolute Gasteiger partial charge is 0.288 e. The van der Waals surface area contributed by atoms with Gasteiger partial charge in [0.15, 0.2) is 0 Å².